The molecule has 6 heteroatoms. The number of thioether (sulfide) groups is 1. The highest BCUT2D eigenvalue weighted by atomic mass is 32.2. The molecular weight excluding hydrogens is 368 g/mol. The molecule has 0 radical (unpaired) electrons. The van der Waals surface area contributed by atoms with Gasteiger partial charge in [-0.2, -0.15) is 0 Å². The fourth-order valence-corrected chi connectivity index (χ4v) is 3.84. The van der Waals surface area contributed by atoms with Crippen LogP contribution in [0, 0.1) is 20.8 Å². The van der Waals surface area contributed by atoms with Gasteiger partial charge in [0.1, 0.15) is 5.82 Å². The Kier molecular flexibility index (Phi) is 6.87. The van der Waals surface area contributed by atoms with Crippen LogP contribution in [-0.2, 0) is 11.2 Å². The van der Waals surface area contributed by atoms with Crippen molar-refractivity contribution in [2.45, 2.75) is 38.8 Å². The third-order valence-electron chi connectivity index (χ3n) is 4.54. The highest BCUT2D eigenvalue weighted by Gasteiger charge is 2.15. The van der Waals surface area contributed by atoms with Crippen LogP contribution in [0.1, 0.15) is 28.9 Å². The number of nitrogens with one attached hydrogen (secondary N) is 1. The highest BCUT2D eigenvalue weighted by molar-refractivity contribution is 7.99. The topological polar surface area (TPSA) is 59.8 Å². The van der Waals surface area contributed by atoms with Crippen LogP contribution in [0.4, 0.5) is 0 Å². The van der Waals surface area contributed by atoms with Gasteiger partial charge in [-0.1, -0.05) is 54.2 Å². The van der Waals surface area contributed by atoms with Crippen LogP contribution in [0.25, 0.3) is 5.69 Å². The quantitative estimate of drug-likeness (QED) is 0.463. The van der Waals surface area contributed by atoms with Crippen LogP contribution >= 0.6 is 11.8 Å². The summed E-state index contributed by atoms with van der Waals surface area (Å²) in [5, 5.41) is 12.2. The smallest absolute Gasteiger partial charge is 0.230 e. The van der Waals surface area contributed by atoms with E-state index in [4.69, 9.17) is 0 Å². The Morgan fingerprint density at radius 3 is 2.64 bits per heavy atom. The molecule has 0 atom stereocenters. The molecule has 3 aromatic rings. The molecule has 0 aliphatic heterocycles. The highest BCUT2D eigenvalue weighted by Crippen LogP contribution is 2.24. The van der Waals surface area contributed by atoms with Crippen LogP contribution in [0.5, 0.6) is 0 Å². The first-order valence-corrected chi connectivity index (χ1v) is 10.5. The van der Waals surface area contributed by atoms with E-state index >= 15 is 0 Å². The minimum atomic E-state index is 0.0197. The molecule has 0 unspecified atom stereocenters. The minimum Gasteiger partial charge on any atom is -0.355 e. The summed E-state index contributed by atoms with van der Waals surface area (Å²) in [5.41, 5.74) is 4.69. The average Bonchev–Trinajstić information content (AvgIpc) is 3.06. The van der Waals surface area contributed by atoms with E-state index in [9.17, 15) is 4.79 Å². The van der Waals surface area contributed by atoms with E-state index in [-0.39, 0.29) is 5.91 Å². The normalized spacial score (nSPS) is 10.8. The van der Waals surface area contributed by atoms with Crippen molar-refractivity contribution >= 4 is 17.7 Å². The van der Waals surface area contributed by atoms with Crippen molar-refractivity contribution < 1.29 is 4.79 Å². The maximum absolute atomic E-state index is 12.2. The number of rotatable bonds is 8. The Bertz CT molecular complexity index is 937. The summed E-state index contributed by atoms with van der Waals surface area (Å²) in [6.07, 6.45) is 1.90. The Labute approximate surface area is 170 Å². The van der Waals surface area contributed by atoms with Crippen molar-refractivity contribution in [3.05, 3.63) is 71.0 Å². The van der Waals surface area contributed by atoms with Crippen molar-refractivity contribution in [3.8, 4) is 5.69 Å². The maximum Gasteiger partial charge on any atom is 0.230 e. The van der Waals surface area contributed by atoms with Crippen molar-refractivity contribution in [2.24, 2.45) is 0 Å². The van der Waals surface area contributed by atoms with E-state index in [0.717, 1.165) is 35.1 Å². The predicted molar refractivity (Wildman–Crippen MR) is 114 cm³/mol. The van der Waals surface area contributed by atoms with E-state index in [0.29, 0.717) is 12.3 Å². The molecule has 0 saturated carbocycles. The molecule has 0 aliphatic carbocycles. The number of carbonyl (C=O) groups excluding carboxylic acids is 1. The van der Waals surface area contributed by atoms with Gasteiger partial charge in [0.2, 0.25) is 5.91 Å². The van der Waals surface area contributed by atoms with Crippen LogP contribution in [0.2, 0.25) is 0 Å². The fraction of sp³-hybridized carbons (Fsp3) is 0.318. The molecule has 0 saturated heterocycles. The van der Waals surface area contributed by atoms with Gasteiger partial charge in [0.05, 0.1) is 11.4 Å². The van der Waals surface area contributed by atoms with Gasteiger partial charge in [0.25, 0.3) is 0 Å². The lowest BCUT2D eigenvalue weighted by molar-refractivity contribution is -0.118. The van der Waals surface area contributed by atoms with Crippen molar-refractivity contribution in [1.82, 2.24) is 20.1 Å². The van der Waals surface area contributed by atoms with Gasteiger partial charge in [-0.05, 0) is 56.4 Å². The van der Waals surface area contributed by atoms with Gasteiger partial charge in [-0.25, -0.2) is 0 Å². The molecule has 1 aromatic heterocycles. The van der Waals surface area contributed by atoms with Crippen LogP contribution in [-0.4, -0.2) is 33.0 Å². The van der Waals surface area contributed by atoms with Crippen LogP contribution in [0.3, 0.4) is 0 Å². The molecule has 0 bridgehead atoms. The minimum absolute atomic E-state index is 0.0197. The fourth-order valence-electron chi connectivity index (χ4n) is 3.02. The third kappa shape index (κ3) is 5.23. The van der Waals surface area contributed by atoms with E-state index in [1.54, 1.807) is 0 Å². The number of aryl methyl sites for hydroxylation is 4. The van der Waals surface area contributed by atoms with E-state index in [2.05, 4.69) is 59.7 Å². The first kappa shape index (κ1) is 20.1. The Morgan fingerprint density at radius 1 is 1.07 bits per heavy atom. The molecule has 0 spiro atoms. The summed E-state index contributed by atoms with van der Waals surface area (Å²) >= 11 is 1.42. The number of carbonyl (C=O) groups is 1. The molecule has 1 amide bonds. The Morgan fingerprint density at radius 2 is 1.86 bits per heavy atom. The third-order valence-corrected chi connectivity index (χ3v) is 5.47. The summed E-state index contributed by atoms with van der Waals surface area (Å²) in [4.78, 5) is 12.2. The number of aromatic nitrogens is 3. The summed E-state index contributed by atoms with van der Waals surface area (Å²) in [7, 11) is 0. The number of benzene rings is 2. The van der Waals surface area contributed by atoms with Gasteiger partial charge in [0.15, 0.2) is 5.16 Å². The van der Waals surface area contributed by atoms with Crippen LogP contribution in [0.15, 0.2) is 53.7 Å². The Balaban J connectivity index is 1.53. The zero-order valence-corrected chi connectivity index (χ0v) is 17.4. The lowest BCUT2D eigenvalue weighted by atomic mass is 10.1. The SMILES string of the molecule is Cc1ccc(C)c(-n2c(C)nnc2SCC(=O)NCCCc2ccccc2)c1. The van der Waals surface area contributed by atoms with E-state index < -0.39 is 0 Å². The maximum atomic E-state index is 12.2. The molecule has 0 aliphatic rings. The standard InChI is InChI=1S/C22H26N4OS/c1-16-11-12-17(2)20(14-16)26-18(3)24-25-22(26)28-15-21(27)23-13-7-10-19-8-5-4-6-9-19/h4-6,8-9,11-12,14H,7,10,13,15H2,1-3H3,(H,23,27). The molecule has 146 valence electrons. The summed E-state index contributed by atoms with van der Waals surface area (Å²) in [6, 6.07) is 16.6. The first-order valence-electron chi connectivity index (χ1n) is 9.47. The molecule has 1 heterocycles. The van der Waals surface area contributed by atoms with Gasteiger partial charge >= 0.3 is 0 Å². The van der Waals surface area contributed by atoms with Gasteiger partial charge in [-0.15, -0.1) is 10.2 Å². The summed E-state index contributed by atoms with van der Waals surface area (Å²) < 4.78 is 2.02. The molecule has 2 aromatic carbocycles. The second-order valence-electron chi connectivity index (χ2n) is 6.88. The molecular formula is C22H26N4OS. The zero-order chi connectivity index (χ0) is 19.9. The summed E-state index contributed by atoms with van der Waals surface area (Å²) in [6.45, 7) is 6.75. The molecule has 3 rings (SSSR count). The average molecular weight is 395 g/mol. The van der Waals surface area contributed by atoms with E-state index in [1.807, 2.05) is 29.7 Å². The number of hydrogen-bond acceptors (Lipinski definition) is 4. The number of amides is 1. The second kappa shape index (κ2) is 9.55. The first-order chi connectivity index (χ1) is 13.5. The molecule has 5 nitrogen and oxygen atoms in total. The monoisotopic (exact) mass is 394 g/mol. The van der Waals surface area contributed by atoms with Gasteiger partial charge in [-0.3, -0.25) is 9.36 Å². The van der Waals surface area contributed by atoms with E-state index in [1.165, 1.54) is 22.9 Å². The lowest BCUT2D eigenvalue weighted by Crippen LogP contribution is -2.26. The van der Waals surface area contributed by atoms with Crippen molar-refractivity contribution in [2.75, 3.05) is 12.3 Å². The van der Waals surface area contributed by atoms with Crippen molar-refractivity contribution in [1.29, 1.82) is 0 Å². The molecule has 1 N–H and O–H groups in total. The van der Waals surface area contributed by atoms with Crippen LogP contribution < -0.4 is 5.32 Å². The second-order valence-corrected chi connectivity index (χ2v) is 7.83. The summed E-state index contributed by atoms with van der Waals surface area (Å²) in [5.74, 6) is 1.17. The number of hydrogen-bond donors (Lipinski definition) is 1. The largest absolute Gasteiger partial charge is 0.355 e. The van der Waals surface area contributed by atoms with Gasteiger partial charge in [0, 0.05) is 6.54 Å². The Hall–Kier alpha value is -2.60. The lowest BCUT2D eigenvalue weighted by Gasteiger charge is -2.12. The van der Waals surface area contributed by atoms with Gasteiger partial charge < -0.3 is 5.32 Å². The molecule has 0 fully saturated rings. The number of nitrogens with zero attached hydrogens (tertiary/aromatic N) is 3. The predicted octanol–water partition coefficient (Wildman–Crippen LogP) is 4.03. The van der Waals surface area contributed by atoms with Crippen molar-refractivity contribution in [3.63, 3.8) is 0 Å². The molecule has 28 heavy (non-hydrogen) atoms. The zero-order valence-electron chi connectivity index (χ0n) is 16.6.